The summed E-state index contributed by atoms with van der Waals surface area (Å²) < 4.78 is 46.2. The van der Waals surface area contributed by atoms with Crippen LogP contribution < -0.4 is 10.6 Å². The Morgan fingerprint density at radius 2 is 0.562 bits per heavy atom. The molecule has 7 aliphatic heterocycles. The predicted molar refractivity (Wildman–Crippen MR) is 523 cm³/mol. The topological polar surface area (TPSA) is 282 Å². The summed E-state index contributed by atoms with van der Waals surface area (Å²) in [6.45, 7) is 65.8. The molecule has 0 saturated carbocycles. The van der Waals surface area contributed by atoms with Crippen LogP contribution in [0.2, 0.25) is 0 Å². The van der Waals surface area contributed by atoms with Gasteiger partial charge in [0.05, 0.1) is 12.5 Å². The van der Waals surface area contributed by atoms with E-state index in [1.54, 1.807) is 13.2 Å². The van der Waals surface area contributed by atoms with Crippen molar-refractivity contribution in [3.63, 3.8) is 0 Å². The van der Waals surface area contributed by atoms with Crippen molar-refractivity contribution in [2.75, 3.05) is 48.5 Å². The molecule has 0 radical (unpaired) electrons. The number of ketones is 1. The smallest absolute Gasteiger partial charge is 0.345 e. The molecule has 0 spiro atoms. The molecule has 7 heterocycles. The highest BCUT2D eigenvalue weighted by molar-refractivity contribution is 6.17. The number of rotatable bonds is 34. The maximum Gasteiger partial charge on any atom is 0.345 e. The summed E-state index contributed by atoms with van der Waals surface area (Å²) >= 11 is 0. The summed E-state index contributed by atoms with van der Waals surface area (Å²) in [6, 6.07) is 7.73. The van der Waals surface area contributed by atoms with Crippen LogP contribution in [0.4, 0.5) is 0 Å². The van der Waals surface area contributed by atoms with Crippen LogP contribution in [0, 0.1) is 6.92 Å². The number of ether oxygens (including phenoxy) is 8. The first-order valence-electron chi connectivity index (χ1n) is 49.4. The number of esters is 7. The van der Waals surface area contributed by atoms with E-state index in [9.17, 15) is 38.4 Å². The van der Waals surface area contributed by atoms with Gasteiger partial charge in [-0.3, -0.25) is 48.5 Å². The van der Waals surface area contributed by atoms with E-state index < -0.39 is 11.9 Å². The highest BCUT2D eigenvalue weighted by Crippen LogP contribution is 2.45. The highest BCUT2D eigenvalue weighted by atomic mass is 16.6. The van der Waals surface area contributed by atoms with Gasteiger partial charge in [0.1, 0.15) is 54.6 Å². The van der Waals surface area contributed by atoms with E-state index in [4.69, 9.17) is 37.9 Å². The molecule has 1 aromatic carbocycles. The molecule has 4 N–H and O–H groups in total. The van der Waals surface area contributed by atoms with Gasteiger partial charge in [-0.25, -0.2) is 9.59 Å². The molecule has 0 unspecified atom stereocenters. The van der Waals surface area contributed by atoms with Crippen molar-refractivity contribution in [3.8, 4) is 0 Å². The molecule has 750 valence electrons. The fraction of sp³-hybridized carbons (Fsp3) is 0.849. The Labute approximate surface area is 789 Å². The van der Waals surface area contributed by atoms with E-state index in [2.05, 4.69) is 257 Å². The number of hydrogen-bond donors (Lipinski definition) is 2. The van der Waals surface area contributed by atoms with Gasteiger partial charge in [0, 0.05) is 200 Å². The van der Waals surface area contributed by atoms with Crippen LogP contribution in [0.1, 0.15) is 417 Å². The number of carbonyl (C=O) groups is 8. The van der Waals surface area contributed by atoms with E-state index in [0.717, 1.165) is 152 Å². The minimum atomic E-state index is -0.613. The molecule has 7 fully saturated rings. The number of Topliss-reactive ketones (excluding diaryl/α,β-unsaturated/α-hetero) is 1. The van der Waals surface area contributed by atoms with Crippen molar-refractivity contribution >= 4 is 53.6 Å². The van der Waals surface area contributed by atoms with E-state index in [1.165, 1.54) is 6.92 Å². The fourth-order valence-corrected chi connectivity index (χ4v) is 22.6. The van der Waals surface area contributed by atoms with Crippen LogP contribution >= 0.6 is 0 Å². The summed E-state index contributed by atoms with van der Waals surface area (Å²) in [6.07, 6.45) is 27.4. The van der Waals surface area contributed by atoms with Crippen molar-refractivity contribution in [1.82, 2.24) is 35.1 Å². The van der Waals surface area contributed by atoms with Crippen molar-refractivity contribution in [2.24, 2.45) is 0 Å². The van der Waals surface area contributed by atoms with Gasteiger partial charge in [0.25, 0.3) is 0 Å². The van der Waals surface area contributed by atoms with Crippen LogP contribution in [0.25, 0.3) is 6.08 Å². The van der Waals surface area contributed by atoms with Crippen LogP contribution in [-0.4, -0.2) is 246 Å². The number of nitrogens with zero attached hydrogens (tertiary/aromatic N) is 5. The van der Waals surface area contributed by atoms with Crippen LogP contribution in [0.3, 0.4) is 0 Å². The zero-order chi connectivity index (χ0) is 97.9. The molecule has 1 aromatic rings. The molecular weight excluding hydrogens is 1640 g/mol. The summed E-state index contributed by atoms with van der Waals surface area (Å²) in [7, 11) is 10.3. The number of unbranched alkanes of at least 4 members (excludes halogenated alkanes) is 10. The van der Waals surface area contributed by atoms with Crippen molar-refractivity contribution in [3.05, 3.63) is 41.0 Å². The van der Waals surface area contributed by atoms with Gasteiger partial charge in [-0.1, -0.05) is 81.2 Å². The first kappa shape index (κ1) is 117. The summed E-state index contributed by atoms with van der Waals surface area (Å²) in [5, 5.41) is 7.25. The maximum absolute atomic E-state index is 13.6. The van der Waals surface area contributed by atoms with Crippen LogP contribution in [0.15, 0.2) is 29.8 Å². The number of likely N-dealkylation sites (tertiary alicyclic amines) is 5. The summed E-state index contributed by atoms with van der Waals surface area (Å²) in [5.41, 5.74) is 1.31. The van der Waals surface area contributed by atoms with E-state index in [0.29, 0.717) is 64.5 Å². The van der Waals surface area contributed by atoms with Crippen LogP contribution in [-0.2, 0) is 76.3 Å². The van der Waals surface area contributed by atoms with Crippen molar-refractivity contribution in [2.45, 2.75) is 533 Å². The number of aryl methyl sites for hydroxylation is 1. The molecule has 7 aliphatic rings. The van der Waals surface area contributed by atoms with Gasteiger partial charge >= 0.3 is 41.8 Å². The predicted octanol–water partition coefficient (Wildman–Crippen LogP) is 19.8. The monoisotopic (exact) mass is 1830 g/mol. The molecule has 0 aliphatic carbocycles. The number of benzene rings is 1. The van der Waals surface area contributed by atoms with Crippen molar-refractivity contribution in [1.29, 1.82) is 0 Å². The van der Waals surface area contributed by atoms with Gasteiger partial charge in [-0.15, -0.1) is 0 Å². The maximum atomic E-state index is 13.6. The zero-order valence-electron chi connectivity index (χ0n) is 88.7. The summed E-state index contributed by atoms with van der Waals surface area (Å²) in [4.78, 5) is 111. The average molecular weight is 1830 g/mol. The van der Waals surface area contributed by atoms with E-state index in [-0.39, 0.29) is 180 Å². The third kappa shape index (κ3) is 38.3. The number of methoxy groups -OCH3 is 1. The normalized spacial score (nSPS) is 23.4. The first-order chi connectivity index (χ1) is 58.9. The number of nitrogens with one attached hydrogen (secondary N) is 2. The SMILES string of the molecule is CC1(C)CC(OC(=O)CCCCCCCCC(=O)OC2CC(C)(C)NC(C)(C)C2)CC(C)(C)N1.CN1C(C)(C)CC(OC(=O)CCCCCCCCC(=O)OC2CC(C)(C)N(C)C(C)(C)C2)CC1(C)C.COC1CC(C)(C)N(CCOC(=O)CCC(C)=O)C(C)(C)C1.Cc1ccc(C=C(C(=O)OC2CC(C)(C)N(C)C(C)(C)C2)C(=O)OC2CC(C)(C)N(C)C(C)(C)C2)cc1.O. The molecule has 0 bridgehead atoms. The number of piperidine rings is 7. The Balaban J connectivity index is 0.000000367. The zero-order valence-corrected chi connectivity index (χ0v) is 88.7. The van der Waals surface area contributed by atoms with Gasteiger partial charge in [0.15, 0.2) is 0 Å². The molecule has 24 heteroatoms. The molecule has 0 amide bonds. The Kier molecular flexibility index (Phi) is 43.2. The van der Waals surface area contributed by atoms with Gasteiger partial charge in [-0.05, 0) is 286 Å². The van der Waals surface area contributed by atoms with Gasteiger partial charge < -0.3 is 58.8 Å². The largest absolute Gasteiger partial charge is 0.464 e. The van der Waals surface area contributed by atoms with E-state index >= 15 is 0 Å². The molecule has 130 heavy (non-hydrogen) atoms. The standard InChI is InChI=1S/C31H48N2O4.C30H56N2O4.C28H52N2O4.C17H31NO4.H2O/c1-21-12-14-22(15-13-21)16-25(26(34)36-23-17-28(2,3)32(10)29(4,5)18-23)27(35)37-24-19-30(6,7)33(11)31(8,9)20-24;1-27(2)19-23(20-28(3,4)31(27)9)35-25(33)17-15-13-11-12-14-16-18-26(34)36-24-21-29(5,6)32(10)30(7,8)22-24;1-25(2)17-21(18-26(3,4)29-25)33-23(31)15-13-11-9-10-12-14-16-24(32)34-22-19-27(5,6)30-28(7,8)20-22;1-13(19)7-8-15(20)22-10-9-18-16(2,3)11-14(21-6)12-17(18,4)5;/h12-16,23-24H,17-20H2,1-11H3;23-24H,11-22H2,1-10H3;21-22,29-30H,9-20H2,1-8H3;14H,7-12H2,1-6H3;1H2. The number of hydrogen-bond acceptors (Lipinski definition) is 23. The lowest BCUT2D eigenvalue weighted by molar-refractivity contribution is -0.163. The second-order valence-corrected chi connectivity index (χ2v) is 48.6. The minimum Gasteiger partial charge on any atom is -0.464 e. The highest BCUT2D eigenvalue weighted by Gasteiger charge is 2.51. The van der Waals surface area contributed by atoms with Crippen LogP contribution in [0.5, 0.6) is 0 Å². The first-order valence-corrected chi connectivity index (χ1v) is 49.4. The summed E-state index contributed by atoms with van der Waals surface area (Å²) in [5.74, 6) is -1.75. The van der Waals surface area contributed by atoms with Gasteiger partial charge in [-0.2, -0.15) is 0 Å². The lowest BCUT2D eigenvalue weighted by Gasteiger charge is -2.55. The van der Waals surface area contributed by atoms with Gasteiger partial charge in [0.2, 0.25) is 0 Å². The lowest BCUT2D eigenvalue weighted by atomic mass is 9.78. The second kappa shape index (κ2) is 48.0. The molecule has 8 rings (SSSR count). The third-order valence-electron chi connectivity index (χ3n) is 29.5. The Morgan fingerprint density at radius 3 is 0.815 bits per heavy atom. The quantitative estimate of drug-likeness (QED) is 0.0162. The number of carbonyl (C=O) groups excluding carboxylic acids is 8. The van der Waals surface area contributed by atoms with E-state index in [1.807, 2.05) is 31.2 Å². The molecular formula is C106H189N7O17. The Morgan fingerprint density at radius 1 is 0.323 bits per heavy atom. The average Bonchev–Trinajstić information content (AvgIpc) is 0.779. The molecule has 0 aromatic heterocycles. The third-order valence-corrected chi connectivity index (χ3v) is 29.5. The van der Waals surface area contributed by atoms with Crippen molar-refractivity contribution < 1.29 is 81.7 Å². The minimum absolute atomic E-state index is 0. The fourth-order valence-electron chi connectivity index (χ4n) is 22.6. The Hall–Kier alpha value is -5.44. The molecule has 7 saturated heterocycles. The molecule has 24 nitrogen and oxygen atoms in total. The lowest BCUT2D eigenvalue weighted by Crippen LogP contribution is -2.62. The molecule has 0 atom stereocenters. The Bertz CT molecular complexity index is 3510. The second-order valence-electron chi connectivity index (χ2n) is 48.6.